The topological polar surface area (TPSA) is 63.7 Å². The summed E-state index contributed by atoms with van der Waals surface area (Å²) >= 11 is 1.56. The molecule has 0 unspecified atom stereocenters. The molecule has 3 aromatic rings. The Kier molecular flexibility index (Phi) is 6.74. The maximum absolute atomic E-state index is 12.3. The number of rotatable bonds is 7. The van der Waals surface area contributed by atoms with Gasteiger partial charge < -0.3 is 14.8 Å². The third-order valence-electron chi connectivity index (χ3n) is 4.98. The fraction of sp³-hybridized carbons (Fsp3) is 0.304. The molecule has 0 aliphatic carbocycles. The zero-order valence-corrected chi connectivity index (χ0v) is 17.8. The van der Waals surface area contributed by atoms with Crippen LogP contribution in [0.1, 0.15) is 11.3 Å². The van der Waals surface area contributed by atoms with Crippen molar-refractivity contribution in [2.45, 2.75) is 13.0 Å². The van der Waals surface area contributed by atoms with Crippen LogP contribution in [0.3, 0.4) is 0 Å². The molecule has 0 saturated carbocycles. The van der Waals surface area contributed by atoms with E-state index < -0.39 is 0 Å². The molecule has 0 spiro atoms. The molecule has 30 heavy (non-hydrogen) atoms. The second kappa shape index (κ2) is 9.84. The number of nitrogens with one attached hydrogen (secondary N) is 1. The van der Waals surface area contributed by atoms with Crippen LogP contribution < -0.4 is 10.1 Å². The van der Waals surface area contributed by atoms with Crippen molar-refractivity contribution in [1.29, 1.82) is 0 Å². The molecule has 1 saturated heterocycles. The lowest BCUT2D eigenvalue weighted by molar-refractivity contribution is -0.115. The van der Waals surface area contributed by atoms with E-state index in [1.807, 2.05) is 29.6 Å². The minimum atomic E-state index is -0.0853. The maximum atomic E-state index is 12.3. The van der Waals surface area contributed by atoms with Crippen molar-refractivity contribution in [3.63, 3.8) is 0 Å². The van der Waals surface area contributed by atoms with E-state index in [9.17, 15) is 4.79 Å². The van der Waals surface area contributed by atoms with Gasteiger partial charge in [-0.3, -0.25) is 9.69 Å². The molecule has 0 atom stereocenters. The molecular weight excluding hydrogens is 398 g/mol. The second-order valence-corrected chi connectivity index (χ2v) is 8.04. The number of hydrogen-bond acceptors (Lipinski definition) is 6. The molecule has 1 aromatic heterocycles. The van der Waals surface area contributed by atoms with Gasteiger partial charge in [-0.15, -0.1) is 11.3 Å². The van der Waals surface area contributed by atoms with Crippen LogP contribution >= 0.6 is 11.3 Å². The van der Waals surface area contributed by atoms with E-state index in [1.54, 1.807) is 18.4 Å². The fourth-order valence-electron chi connectivity index (χ4n) is 3.33. The van der Waals surface area contributed by atoms with E-state index >= 15 is 0 Å². The molecule has 4 rings (SSSR count). The van der Waals surface area contributed by atoms with E-state index in [2.05, 4.69) is 39.5 Å². The molecule has 1 fully saturated rings. The highest BCUT2D eigenvalue weighted by molar-refractivity contribution is 7.13. The van der Waals surface area contributed by atoms with Gasteiger partial charge in [0, 0.05) is 36.3 Å². The molecule has 1 aliphatic heterocycles. The van der Waals surface area contributed by atoms with Gasteiger partial charge in [-0.2, -0.15) is 0 Å². The van der Waals surface area contributed by atoms with E-state index in [4.69, 9.17) is 9.47 Å². The van der Waals surface area contributed by atoms with Crippen molar-refractivity contribution in [3.8, 4) is 16.3 Å². The van der Waals surface area contributed by atoms with Crippen LogP contribution in [-0.4, -0.2) is 49.2 Å². The van der Waals surface area contributed by atoms with Crippen LogP contribution in [0.2, 0.25) is 0 Å². The number of benzene rings is 2. The summed E-state index contributed by atoms with van der Waals surface area (Å²) in [6.07, 6.45) is 0.248. The molecule has 156 valence electrons. The number of morpholine rings is 1. The van der Waals surface area contributed by atoms with Crippen LogP contribution in [0, 0.1) is 0 Å². The zero-order chi connectivity index (χ0) is 20.8. The van der Waals surface area contributed by atoms with Gasteiger partial charge in [0.1, 0.15) is 10.8 Å². The molecular formula is C23H25N3O3S. The quantitative estimate of drug-likeness (QED) is 0.626. The minimum absolute atomic E-state index is 0.0853. The summed E-state index contributed by atoms with van der Waals surface area (Å²) in [5.74, 6) is 0.672. The first kappa shape index (κ1) is 20.5. The summed E-state index contributed by atoms with van der Waals surface area (Å²) in [4.78, 5) is 19.4. The van der Waals surface area contributed by atoms with E-state index in [0.29, 0.717) is 0 Å². The van der Waals surface area contributed by atoms with Crippen LogP contribution in [0.15, 0.2) is 53.9 Å². The summed E-state index contributed by atoms with van der Waals surface area (Å²) in [5, 5.41) is 5.77. The Morgan fingerprint density at radius 1 is 1.13 bits per heavy atom. The summed E-state index contributed by atoms with van der Waals surface area (Å²) in [5.41, 5.74) is 3.88. The van der Waals surface area contributed by atoms with E-state index in [-0.39, 0.29) is 12.3 Å². The smallest absolute Gasteiger partial charge is 0.230 e. The highest BCUT2D eigenvalue weighted by Crippen LogP contribution is 2.25. The van der Waals surface area contributed by atoms with Crippen LogP contribution in [-0.2, 0) is 22.5 Å². The van der Waals surface area contributed by atoms with E-state index in [1.165, 1.54) is 5.56 Å². The third kappa shape index (κ3) is 5.44. The molecule has 1 N–H and O–H groups in total. The minimum Gasteiger partial charge on any atom is -0.497 e. The molecule has 2 aromatic carbocycles. The summed E-state index contributed by atoms with van der Waals surface area (Å²) in [6.45, 7) is 4.53. The number of hydrogen-bond donors (Lipinski definition) is 1. The zero-order valence-electron chi connectivity index (χ0n) is 17.0. The molecule has 7 heteroatoms. The van der Waals surface area contributed by atoms with Crippen molar-refractivity contribution in [1.82, 2.24) is 9.88 Å². The SMILES string of the molecule is COc1ccc(NC(=O)Cc2csc(-c3ccc(CN4CCOCC4)cc3)n2)cc1. The maximum Gasteiger partial charge on any atom is 0.230 e. The number of aromatic nitrogens is 1. The van der Waals surface area contributed by atoms with Crippen molar-refractivity contribution >= 4 is 22.9 Å². The van der Waals surface area contributed by atoms with Crippen molar-refractivity contribution < 1.29 is 14.3 Å². The third-order valence-corrected chi connectivity index (χ3v) is 5.92. The van der Waals surface area contributed by atoms with Gasteiger partial charge in [0.25, 0.3) is 0 Å². The number of amides is 1. The Bertz CT molecular complexity index is 964. The Balaban J connectivity index is 1.33. The Morgan fingerprint density at radius 3 is 2.57 bits per heavy atom. The van der Waals surface area contributed by atoms with E-state index in [0.717, 1.165) is 60.5 Å². The molecule has 1 amide bonds. The van der Waals surface area contributed by atoms with Crippen LogP contribution in [0.5, 0.6) is 5.75 Å². The summed E-state index contributed by atoms with van der Waals surface area (Å²) < 4.78 is 10.5. The van der Waals surface area contributed by atoms with Gasteiger partial charge in [-0.1, -0.05) is 24.3 Å². The van der Waals surface area contributed by atoms with Gasteiger partial charge in [0.05, 0.1) is 32.4 Å². The fourth-order valence-corrected chi connectivity index (χ4v) is 4.16. The highest BCUT2D eigenvalue weighted by atomic mass is 32.1. The molecule has 0 bridgehead atoms. The number of carbonyl (C=O) groups excluding carboxylic acids is 1. The average Bonchev–Trinajstić information content (AvgIpc) is 3.24. The largest absolute Gasteiger partial charge is 0.497 e. The van der Waals surface area contributed by atoms with Gasteiger partial charge in [0.15, 0.2) is 0 Å². The lowest BCUT2D eigenvalue weighted by atomic mass is 10.1. The normalized spacial score (nSPS) is 14.4. The number of methoxy groups -OCH3 is 1. The second-order valence-electron chi connectivity index (χ2n) is 7.18. The first-order valence-corrected chi connectivity index (χ1v) is 10.9. The van der Waals surface area contributed by atoms with Crippen LogP contribution in [0.4, 0.5) is 5.69 Å². The lowest BCUT2D eigenvalue weighted by Crippen LogP contribution is -2.35. The van der Waals surface area contributed by atoms with Gasteiger partial charge in [-0.25, -0.2) is 4.98 Å². The van der Waals surface area contributed by atoms with Crippen molar-refractivity contribution in [2.24, 2.45) is 0 Å². The molecule has 2 heterocycles. The Hall–Kier alpha value is -2.74. The number of ether oxygens (including phenoxy) is 2. The average molecular weight is 424 g/mol. The monoisotopic (exact) mass is 423 g/mol. The number of nitrogens with zero attached hydrogens (tertiary/aromatic N) is 2. The van der Waals surface area contributed by atoms with Crippen molar-refractivity contribution in [3.05, 3.63) is 65.2 Å². The molecule has 0 radical (unpaired) electrons. The first-order valence-electron chi connectivity index (χ1n) is 9.97. The number of anilines is 1. The van der Waals surface area contributed by atoms with Gasteiger partial charge in [-0.05, 0) is 29.8 Å². The van der Waals surface area contributed by atoms with Gasteiger partial charge >= 0.3 is 0 Å². The molecule has 6 nitrogen and oxygen atoms in total. The Labute approximate surface area is 180 Å². The molecule has 1 aliphatic rings. The van der Waals surface area contributed by atoms with Crippen LogP contribution in [0.25, 0.3) is 10.6 Å². The van der Waals surface area contributed by atoms with Gasteiger partial charge in [0.2, 0.25) is 5.91 Å². The summed E-state index contributed by atoms with van der Waals surface area (Å²) in [6, 6.07) is 15.8. The highest BCUT2D eigenvalue weighted by Gasteiger charge is 2.12. The Morgan fingerprint density at radius 2 is 1.87 bits per heavy atom. The number of thiazole rings is 1. The lowest BCUT2D eigenvalue weighted by Gasteiger charge is -2.26. The van der Waals surface area contributed by atoms with Crippen molar-refractivity contribution in [2.75, 3.05) is 38.7 Å². The predicted molar refractivity (Wildman–Crippen MR) is 119 cm³/mol. The summed E-state index contributed by atoms with van der Waals surface area (Å²) in [7, 11) is 1.62. The first-order chi connectivity index (χ1) is 14.7. The standard InChI is InChI=1S/C23H25N3O3S/c1-28-21-8-6-19(7-9-21)24-22(27)14-20-16-30-23(25-20)18-4-2-17(3-5-18)15-26-10-12-29-13-11-26/h2-9,16H,10-15H2,1H3,(H,24,27). The predicted octanol–water partition coefficient (Wildman–Crippen LogP) is 3.83. The number of carbonyl (C=O) groups is 1.